The first-order valence-electron chi connectivity index (χ1n) is 10.7. The minimum absolute atomic E-state index is 0.0209. The smallest absolute Gasteiger partial charge is 0.355 e. The fourth-order valence-corrected chi connectivity index (χ4v) is 4.54. The molecule has 3 aromatic rings. The number of aliphatic hydroxyl groups excluding tert-OH is 1. The number of carbonyl (C=O) groups is 1. The first-order chi connectivity index (χ1) is 14.6. The van der Waals surface area contributed by atoms with Gasteiger partial charge >= 0.3 is 5.97 Å². The predicted octanol–water partition coefficient (Wildman–Crippen LogP) is 2.79. The highest BCUT2D eigenvalue weighted by Gasteiger charge is 2.29. The standard InChI is InChI=1S/C23H29N3O4/c1-4-30-23(28)22-17(10-12-27)16-8-7-9-18-20-15(2)25(3)24-19(20)14-29-13-6-5-11-26(22)21(16)18/h7-9,27H,4-6,10-14H2,1-3H3/p+1. The van der Waals surface area contributed by atoms with Gasteiger partial charge in [0, 0.05) is 37.6 Å². The van der Waals surface area contributed by atoms with Gasteiger partial charge in [-0.1, -0.05) is 18.2 Å². The molecule has 0 fully saturated rings. The summed E-state index contributed by atoms with van der Waals surface area (Å²) >= 11 is 0. The van der Waals surface area contributed by atoms with Crippen molar-refractivity contribution in [1.82, 2.24) is 9.67 Å². The molecule has 30 heavy (non-hydrogen) atoms. The summed E-state index contributed by atoms with van der Waals surface area (Å²) in [4.78, 5) is 13.0. The normalized spacial score (nSPS) is 14.4. The second kappa shape index (κ2) is 8.62. The van der Waals surface area contributed by atoms with Crippen LogP contribution in [0.25, 0.3) is 22.0 Å². The Morgan fingerprint density at radius 2 is 2.20 bits per heavy atom. The number of ether oxygens (including phenoxy) is 2. The van der Waals surface area contributed by atoms with E-state index in [1.54, 1.807) is 0 Å². The molecule has 2 N–H and O–H groups in total. The van der Waals surface area contributed by atoms with Crippen molar-refractivity contribution < 1.29 is 24.1 Å². The molecule has 4 rings (SSSR count). The average Bonchev–Trinajstić information content (AvgIpc) is 3.18. The van der Waals surface area contributed by atoms with Gasteiger partial charge in [-0.25, -0.2) is 4.79 Å². The summed E-state index contributed by atoms with van der Waals surface area (Å²) in [7, 11) is 1.99. The van der Waals surface area contributed by atoms with E-state index in [0.717, 1.165) is 51.8 Å². The van der Waals surface area contributed by atoms with Gasteiger partial charge in [0.05, 0.1) is 24.3 Å². The lowest BCUT2D eigenvalue weighted by molar-refractivity contribution is -0.732. The number of aryl methyl sites for hydroxylation is 2. The Morgan fingerprint density at radius 1 is 1.37 bits per heavy atom. The van der Waals surface area contributed by atoms with Crippen LogP contribution in [-0.2, 0) is 36.1 Å². The minimum Gasteiger partial charge on any atom is -0.461 e. The first kappa shape index (κ1) is 20.6. The number of benzene rings is 1. The fourth-order valence-electron chi connectivity index (χ4n) is 4.54. The molecule has 0 radical (unpaired) electrons. The second-order valence-corrected chi connectivity index (χ2v) is 7.74. The molecular formula is C23H30N3O4+. The predicted molar refractivity (Wildman–Crippen MR) is 113 cm³/mol. The van der Waals surface area contributed by atoms with E-state index in [9.17, 15) is 9.90 Å². The maximum atomic E-state index is 13.0. The molecule has 7 heteroatoms. The van der Waals surface area contributed by atoms with E-state index < -0.39 is 0 Å². The number of hydrogen-bond donors (Lipinski definition) is 2. The molecule has 1 aliphatic rings. The van der Waals surface area contributed by atoms with Crippen LogP contribution in [0.5, 0.6) is 0 Å². The molecule has 0 spiro atoms. The second-order valence-electron chi connectivity index (χ2n) is 7.74. The molecular weight excluding hydrogens is 382 g/mol. The molecule has 0 saturated carbocycles. The summed E-state index contributed by atoms with van der Waals surface area (Å²) in [5.41, 5.74) is 6.75. The van der Waals surface area contributed by atoms with Crippen molar-refractivity contribution in [3.05, 3.63) is 40.8 Å². The molecule has 0 atom stereocenters. The number of aromatic nitrogens is 3. The van der Waals surface area contributed by atoms with E-state index in [0.29, 0.717) is 38.5 Å². The maximum absolute atomic E-state index is 13.0. The van der Waals surface area contributed by atoms with E-state index in [1.807, 2.05) is 30.8 Å². The van der Waals surface area contributed by atoms with E-state index in [2.05, 4.69) is 22.7 Å². The molecule has 3 heterocycles. The Balaban J connectivity index is 2.09. The number of hydrogen-bond acceptors (Lipinski definition) is 4. The van der Waals surface area contributed by atoms with Crippen LogP contribution in [0.15, 0.2) is 18.2 Å². The van der Waals surface area contributed by atoms with Crippen LogP contribution in [0.2, 0.25) is 0 Å². The molecule has 0 amide bonds. The van der Waals surface area contributed by atoms with Crippen LogP contribution in [0.3, 0.4) is 0 Å². The number of nitrogens with zero attached hydrogens (tertiary/aromatic N) is 2. The number of nitrogens with one attached hydrogen (secondary N) is 1. The molecule has 1 aromatic carbocycles. The summed E-state index contributed by atoms with van der Waals surface area (Å²) in [6.45, 7) is 6.08. The zero-order chi connectivity index (χ0) is 21.3. The lowest BCUT2D eigenvalue weighted by Crippen LogP contribution is -2.32. The van der Waals surface area contributed by atoms with Crippen molar-refractivity contribution in [2.45, 2.75) is 46.3 Å². The van der Waals surface area contributed by atoms with Crippen LogP contribution >= 0.6 is 0 Å². The minimum atomic E-state index is -0.328. The molecule has 160 valence electrons. The Morgan fingerprint density at radius 3 is 2.97 bits per heavy atom. The quantitative estimate of drug-likeness (QED) is 0.510. The highest BCUT2D eigenvalue weighted by Crippen LogP contribution is 2.38. The van der Waals surface area contributed by atoms with E-state index in [1.165, 1.54) is 0 Å². The lowest BCUT2D eigenvalue weighted by Gasteiger charge is -2.12. The number of esters is 1. The van der Waals surface area contributed by atoms with Crippen LogP contribution in [-0.4, -0.2) is 40.6 Å². The number of carbonyl (C=O) groups excluding carboxylic acids is 1. The number of para-hydroxylation sites is 1. The Hall–Kier alpha value is -2.64. The van der Waals surface area contributed by atoms with Crippen LogP contribution in [0.4, 0.5) is 0 Å². The van der Waals surface area contributed by atoms with Crippen LogP contribution < -0.4 is 4.68 Å². The lowest BCUT2D eigenvalue weighted by atomic mass is 9.99. The Bertz CT molecular complexity index is 1080. The van der Waals surface area contributed by atoms with Gasteiger partial charge in [-0.05, 0) is 31.7 Å². The topological polar surface area (TPSA) is 80.4 Å². The van der Waals surface area contributed by atoms with Gasteiger partial charge in [0.15, 0.2) is 7.05 Å². The average molecular weight is 413 g/mol. The molecule has 7 nitrogen and oxygen atoms in total. The molecule has 2 aromatic heterocycles. The monoisotopic (exact) mass is 412 g/mol. The molecule has 0 unspecified atom stereocenters. The third-order valence-electron chi connectivity index (χ3n) is 5.92. The van der Waals surface area contributed by atoms with Gasteiger partial charge in [-0.3, -0.25) is 0 Å². The van der Waals surface area contributed by atoms with Gasteiger partial charge in [-0.15, -0.1) is 4.68 Å². The summed E-state index contributed by atoms with van der Waals surface area (Å²) in [6.07, 6.45) is 2.21. The van der Waals surface area contributed by atoms with E-state index in [4.69, 9.17) is 9.47 Å². The van der Waals surface area contributed by atoms with Crippen molar-refractivity contribution in [2.24, 2.45) is 7.05 Å². The number of rotatable bonds is 4. The largest absolute Gasteiger partial charge is 0.461 e. The fraction of sp³-hybridized carbons (Fsp3) is 0.478. The number of fused-ring (bicyclic) bond motifs is 2. The van der Waals surface area contributed by atoms with Gasteiger partial charge in [0.1, 0.15) is 11.4 Å². The summed E-state index contributed by atoms with van der Waals surface area (Å²) in [5, 5.41) is 14.2. The molecule has 0 saturated heterocycles. The number of H-pyrrole nitrogens is 1. The number of aliphatic hydroxyl groups is 1. The summed E-state index contributed by atoms with van der Waals surface area (Å²) in [6, 6.07) is 6.17. The summed E-state index contributed by atoms with van der Waals surface area (Å²) < 4.78 is 15.5. The molecule has 0 bridgehead atoms. The van der Waals surface area contributed by atoms with Crippen molar-refractivity contribution in [2.75, 3.05) is 19.8 Å². The van der Waals surface area contributed by atoms with Crippen molar-refractivity contribution in [3.63, 3.8) is 0 Å². The zero-order valence-electron chi connectivity index (χ0n) is 18.0. The zero-order valence-corrected chi connectivity index (χ0v) is 18.0. The molecule has 0 aliphatic carbocycles. The van der Waals surface area contributed by atoms with Crippen molar-refractivity contribution >= 4 is 16.9 Å². The maximum Gasteiger partial charge on any atom is 0.355 e. The van der Waals surface area contributed by atoms with Gasteiger partial charge in [-0.2, -0.15) is 5.10 Å². The van der Waals surface area contributed by atoms with E-state index in [-0.39, 0.29) is 12.6 Å². The molecule has 1 aliphatic heterocycles. The SMILES string of the molecule is CCOC(=O)c1c(CCO)c2cccc3c2n1CCCCOCc1[nH][n+](C)c(C)c1-3. The van der Waals surface area contributed by atoms with E-state index >= 15 is 0 Å². The first-order valence-corrected chi connectivity index (χ1v) is 10.7. The van der Waals surface area contributed by atoms with Crippen molar-refractivity contribution in [1.29, 1.82) is 0 Å². The van der Waals surface area contributed by atoms with Gasteiger partial charge in [0.2, 0.25) is 5.69 Å². The van der Waals surface area contributed by atoms with Gasteiger partial charge < -0.3 is 19.1 Å². The highest BCUT2D eigenvalue weighted by molar-refractivity contribution is 6.04. The van der Waals surface area contributed by atoms with Crippen LogP contribution in [0.1, 0.15) is 47.2 Å². The number of aromatic amines is 1. The van der Waals surface area contributed by atoms with Crippen LogP contribution in [0, 0.1) is 6.92 Å². The summed E-state index contributed by atoms with van der Waals surface area (Å²) in [5.74, 6) is -0.328. The highest BCUT2D eigenvalue weighted by atomic mass is 16.5. The van der Waals surface area contributed by atoms with Gasteiger partial charge in [0.25, 0.3) is 0 Å². The third kappa shape index (κ3) is 3.42. The Kier molecular flexibility index (Phi) is 5.92. The third-order valence-corrected chi connectivity index (χ3v) is 5.92. The van der Waals surface area contributed by atoms with Crippen molar-refractivity contribution in [3.8, 4) is 11.1 Å². The Labute approximate surface area is 176 Å².